The van der Waals surface area contributed by atoms with Gasteiger partial charge in [-0.2, -0.15) is 0 Å². The van der Waals surface area contributed by atoms with Gasteiger partial charge in [0.15, 0.2) is 11.6 Å². The predicted octanol–water partition coefficient (Wildman–Crippen LogP) is 5.19. The molecule has 20 heavy (non-hydrogen) atoms. The molecule has 0 amide bonds. The highest BCUT2D eigenvalue weighted by atomic mass is 79.9. The van der Waals surface area contributed by atoms with Crippen LogP contribution < -0.4 is 4.74 Å². The van der Waals surface area contributed by atoms with Gasteiger partial charge in [0.1, 0.15) is 0 Å². The Morgan fingerprint density at radius 3 is 2.90 bits per heavy atom. The zero-order chi connectivity index (χ0) is 14.4. The molecule has 2 rings (SSSR count). The summed E-state index contributed by atoms with van der Waals surface area (Å²) in [6, 6.07) is 4.80. The van der Waals surface area contributed by atoms with Gasteiger partial charge >= 0.3 is 0 Å². The number of halogens is 3. The van der Waals surface area contributed by atoms with Crippen LogP contribution in [-0.4, -0.2) is 11.6 Å². The number of thiazole rings is 1. The monoisotopic (exact) mass is 377 g/mol. The molecule has 1 heterocycles. The lowest BCUT2D eigenvalue weighted by Crippen LogP contribution is -2.00. The number of hydrogen-bond donors (Lipinski definition) is 0. The number of unbranched alkanes of at least 4 members (excludes halogenated alkanes) is 1. The maximum absolute atomic E-state index is 13.5. The van der Waals surface area contributed by atoms with Crippen molar-refractivity contribution in [3.63, 3.8) is 0 Å². The van der Waals surface area contributed by atoms with Crippen LogP contribution >= 0.6 is 38.9 Å². The fourth-order valence-electron chi connectivity index (χ4n) is 1.68. The highest BCUT2D eigenvalue weighted by molar-refractivity contribution is 9.10. The number of ether oxygens (including phenoxy) is 1. The van der Waals surface area contributed by atoms with Gasteiger partial charge in [-0.15, -0.1) is 22.9 Å². The summed E-state index contributed by atoms with van der Waals surface area (Å²) >= 11 is 10.5. The van der Waals surface area contributed by atoms with Gasteiger partial charge in [-0.1, -0.05) is 15.9 Å². The lowest BCUT2D eigenvalue weighted by Gasteiger charge is -2.06. The van der Waals surface area contributed by atoms with Crippen LogP contribution in [0.4, 0.5) is 4.39 Å². The minimum atomic E-state index is -0.342. The molecule has 0 radical (unpaired) electrons. The smallest absolute Gasteiger partial charge is 0.166 e. The summed E-state index contributed by atoms with van der Waals surface area (Å²) in [5.41, 5.74) is 0.930. The van der Waals surface area contributed by atoms with E-state index in [-0.39, 0.29) is 5.82 Å². The molecule has 0 spiro atoms. The summed E-state index contributed by atoms with van der Waals surface area (Å²) in [7, 11) is 0. The molecule has 0 N–H and O–H groups in total. The molecule has 0 bridgehead atoms. The average molecular weight is 379 g/mol. The van der Waals surface area contributed by atoms with Gasteiger partial charge in [0, 0.05) is 9.85 Å². The van der Waals surface area contributed by atoms with E-state index in [4.69, 9.17) is 16.3 Å². The standard InChI is InChI=1S/C14H14BrClFNOS/c15-10-4-5-13(12(17)7-10)19-6-2-1-3-14-18-11(8-16)9-20-14/h4-5,7,9H,1-3,6,8H2. The van der Waals surface area contributed by atoms with Crippen LogP contribution in [0.25, 0.3) is 0 Å². The topological polar surface area (TPSA) is 22.1 Å². The molecular weight excluding hydrogens is 365 g/mol. The second-order valence-corrected chi connectivity index (χ2v) is 6.37. The van der Waals surface area contributed by atoms with E-state index in [1.54, 1.807) is 23.5 Å². The fraction of sp³-hybridized carbons (Fsp3) is 0.357. The van der Waals surface area contributed by atoms with Crippen molar-refractivity contribution in [1.29, 1.82) is 0 Å². The molecule has 0 saturated heterocycles. The highest BCUT2D eigenvalue weighted by Gasteiger charge is 2.04. The highest BCUT2D eigenvalue weighted by Crippen LogP contribution is 2.21. The maximum Gasteiger partial charge on any atom is 0.166 e. The van der Waals surface area contributed by atoms with E-state index < -0.39 is 0 Å². The molecule has 108 valence electrons. The third-order valence-corrected chi connectivity index (χ3v) is 4.40. The lowest BCUT2D eigenvalue weighted by molar-refractivity contribution is 0.292. The molecule has 0 unspecified atom stereocenters. The summed E-state index contributed by atoms with van der Waals surface area (Å²) in [5, 5.41) is 3.08. The van der Waals surface area contributed by atoms with Crippen molar-refractivity contribution >= 4 is 38.9 Å². The molecule has 2 aromatic rings. The Kier molecular flexibility index (Phi) is 6.26. The SMILES string of the molecule is Fc1cc(Br)ccc1OCCCCc1nc(CCl)cs1. The van der Waals surface area contributed by atoms with Crippen LogP contribution in [0.1, 0.15) is 23.5 Å². The summed E-state index contributed by atoms with van der Waals surface area (Å²) in [5.74, 6) is 0.417. The fourth-order valence-corrected chi connectivity index (χ4v) is 3.08. The zero-order valence-corrected chi connectivity index (χ0v) is 13.9. The quantitative estimate of drug-likeness (QED) is 0.489. The Hall–Kier alpha value is -0.650. The predicted molar refractivity (Wildman–Crippen MR) is 84.2 cm³/mol. The van der Waals surface area contributed by atoms with Gasteiger partial charge in [0.05, 0.1) is 23.2 Å². The second-order valence-electron chi connectivity index (χ2n) is 4.25. The van der Waals surface area contributed by atoms with Crippen LogP contribution in [0.2, 0.25) is 0 Å². The van der Waals surface area contributed by atoms with Gasteiger partial charge in [0.25, 0.3) is 0 Å². The number of benzene rings is 1. The first-order valence-electron chi connectivity index (χ1n) is 6.26. The summed E-state index contributed by atoms with van der Waals surface area (Å²) in [6.45, 7) is 0.506. The Labute approximate surface area is 135 Å². The minimum Gasteiger partial charge on any atom is -0.491 e. The molecule has 0 aliphatic rings. The van der Waals surface area contributed by atoms with Gasteiger partial charge in [-0.3, -0.25) is 0 Å². The Morgan fingerprint density at radius 1 is 1.35 bits per heavy atom. The zero-order valence-electron chi connectivity index (χ0n) is 10.7. The molecule has 0 aliphatic heterocycles. The van der Waals surface area contributed by atoms with Crippen molar-refractivity contribution < 1.29 is 9.13 Å². The van der Waals surface area contributed by atoms with Gasteiger partial charge in [-0.25, -0.2) is 9.37 Å². The number of nitrogens with zero attached hydrogens (tertiary/aromatic N) is 1. The van der Waals surface area contributed by atoms with E-state index in [0.29, 0.717) is 22.7 Å². The van der Waals surface area contributed by atoms with E-state index in [1.165, 1.54) is 6.07 Å². The molecule has 0 fully saturated rings. The Morgan fingerprint density at radius 2 is 2.20 bits per heavy atom. The van der Waals surface area contributed by atoms with Crippen LogP contribution in [0.5, 0.6) is 5.75 Å². The normalized spacial score (nSPS) is 10.8. The molecule has 1 aromatic carbocycles. The first-order valence-corrected chi connectivity index (χ1v) is 8.47. The summed E-state index contributed by atoms with van der Waals surface area (Å²) in [4.78, 5) is 4.39. The van der Waals surface area contributed by atoms with Crippen molar-refractivity contribution in [3.8, 4) is 5.75 Å². The van der Waals surface area contributed by atoms with Crippen LogP contribution in [0, 0.1) is 5.82 Å². The van der Waals surface area contributed by atoms with E-state index in [1.807, 2.05) is 5.38 Å². The number of rotatable bonds is 7. The second kappa shape index (κ2) is 7.96. The number of aryl methyl sites for hydroxylation is 1. The number of aromatic nitrogens is 1. The van der Waals surface area contributed by atoms with Crippen LogP contribution in [0.15, 0.2) is 28.1 Å². The maximum atomic E-state index is 13.5. The number of hydrogen-bond acceptors (Lipinski definition) is 3. The van der Waals surface area contributed by atoms with Crippen molar-refractivity contribution in [1.82, 2.24) is 4.98 Å². The van der Waals surface area contributed by atoms with Gasteiger partial charge in [-0.05, 0) is 37.5 Å². The largest absolute Gasteiger partial charge is 0.491 e. The molecular formula is C14H14BrClFNOS. The van der Waals surface area contributed by atoms with Gasteiger partial charge in [0.2, 0.25) is 0 Å². The van der Waals surface area contributed by atoms with E-state index in [9.17, 15) is 4.39 Å². The first-order chi connectivity index (χ1) is 9.69. The minimum absolute atomic E-state index is 0.298. The number of alkyl halides is 1. The Balaban J connectivity index is 1.68. The summed E-state index contributed by atoms with van der Waals surface area (Å²) in [6.07, 6.45) is 2.74. The molecule has 6 heteroatoms. The Bertz CT molecular complexity index is 564. The van der Waals surface area contributed by atoms with Gasteiger partial charge < -0.3 is 4.74 Å². The third kappa shape index (κ3) is 4.72. The molecule has 0 aliphatic carbocycles. The molecule has 0 saturated carbocycles. The average Bonchev–Trinajstić information content (AvgIpc) is 2.88. The van der Waals surface area contributed by atoms with Crippen molar-refractivity contribution in [2.24, 2.45) is 0 Å². The summed E-state index contributed by atoms with van der Waals surface area (Å²) < 4.78 is 19.6. The van der Waals surface area contributed by atoms with Crippen molar-refractivity contribution in [2.75, 3.05) is 6.61 Å². The lowest BCUT2D eigenvalue weighted by atomic mass is 10.2. The van der Waals surface area contributed by atoms with E-state index in [0.717, 1.165) is 30.0 Å². The molecule has 2 nitrogen and oxygen atoms in total. The van der Waals surface area contributed by atoms with Crippen molar-refractivity contribution in [2.45, 2.75) is 25.1 Å². The van der Waals surface area contributed by atoms with Crippen LogP contribution in [-0.2, 0) is 12.3 Å². The first kappa shape index (κ1) is 15.7. The molecule has 1 aromatic heterocycles. The van der Waals surface area contributed by atoms with E-state index in [2.05, 4.69) is 20.9 Å². The van der Waals surface area contributed by atoms with E-state index >= 15 is 0 Å². The molecule has 0 atom stereocenters. The van der Waals surface area contributed by atoms with Crippen LogP contribution in [0.3, 0.4) is 0 Å². The van der Waals surface area contributed by atoms with Crippen molar-refractivity contribution in [3.05, 3.63) is 44.6 Å². The third-order valence-electron chi connectivity index (χ3n) is 2.67.